The molecule has 1 aromatic heterocycles. The number of amides is 4. The molecule has 3 N–H and O–H groups in total. The molecule has 1 aliphatic rings. The molecule has 1 aliphatic heterocycles. The van der Waals surface area contributed by atoms with E-state index in [2.05, 4.69) is 16.0 Å². The first kappa shape index (κ1) is 21.4. The zero-order chi connectivity index (χ0) is 21.5. The molecule has 1 atom stereocenters. The molecule has 30 heavy (non-hydrogen) atoms. The van der Waals surface area contributed by atoms with Crippen LogP contribution < -0.4 is 16.0 Å². The number of hydrogen-bond acceptors (Lipinski definition) is 4. The van der Waals surface area contributed by atoms with Crippen LogP contribution in [0.1, 0.15) is 37.0 Å². The van der Waals surface area contributed by atoms with E-state index in [1.54, 1.807) is 23.1 Å². The average Bonchev–Trinajstić information content (AvgIpc) is 3.27. The van der Waals surface area contributed by atoms with Gasteiger partial charge in [-0.2, -0.15) is 0 Å². The van der Waals surface area contributed by atoms with Gasteiger partial charge in [0.1, 0.15) is 12.3 Å². The Labute approximate surface area is 176 Å². The third-order valence-corrected chi connectivity index (χ3v) is 5.16. The first-order valence-electron chi connectivity index (χ1n) is 10.2. The number of nitrogens with one attached hydrogen (secondary N) is 3. The monoisotopic (exact) mass is 412 g/mol. The lowest BCUT2D eigenvalue weighted by molar-refractivity contribution is -0.124. The van der Waals surface area contributed by atoms with E-state index in [9.17, 15) is 14.4 Å². The summed E-state index contributed by atoms with van der Waals surface area (Å²) < 4.78 is 4.97. The molecule has 1 unspecified atom stereocenters. The Morgan fingerprint density at radius 1 is 1.07 bits per heavy atom. The van der Waals surface area contributed by atoms with Crippen LogP contribution in [-0.2, 0) is 4.79 Å². The number of furan rings is 1. The molecule has 0 bridgehead atoms. The number of carbonyl (C=O) groups excluding carboxylic acids is 3. The maximum atomic E-state index is 12.8. The molecular formula is C22H28N4O4. The van der Waals surface area contributed by atoms with Gasteiger partial charge in [-0.1, -0.05) is 32.0 Å². The van der Waals surface area contributed by atoms with Crippen molar-refractivity contribution in [2.75, 3.05) is 18.4 Å². The van der Waals surface area contributed by atoms with Crippen LogP contribution in [-0.4, -0.2) is 47.9 Å². The maximum absolute atomic E-state index is 12.8. The number of urea groups is 1. The number of anilines is 1. The van der Waals surface area contributed by atoms with Crippen molar-refractivity contribution in [3.63, 3.8) is 0 Å². The van der Waals surface area contributed by atoms with Gasteiger partial charge in [0.2, 0.25) is 5.91 Å². The molecule has 160 valence electrons. The average molecular weight is 412 g/mol. The Morgan fingerprint density at radius 2 is 1.77 bits per heavy atom. The van der Waals surface area contributed by atoms with Crippen molar-refractivity contribution in [2.45, 2.75) is 38.8 Å². The predicted octanol–water partition coefficient (Wildman–Crippen LogP) is 2.85. The Hall–Kier alpha value is -3.29. The Kier molecular flexibility index (Phi) is 7.11. The van der Waals surface area contributed by atoms with Gasteiger partial charge in [-0.15, -0.1) is 0 Å². The summed E-state index contributed by atoms with van der Waals surface area (Å²) in [6.45, 7) is 4.89. The highest BCUT2D eigenvalue weighted by Crippen LogP contribution is 2.15. The van der Waals surface area contributed by atoms with Crippen LogP contribution in [0.5, 0.6) is 0 Å². The molecule has 3 rings (SSSR count). The van der Waals surface area contributed by atoms with Crippen molar-refractivity contribution in [3.8, 4) is 0 Å². The number of hydrogen-bond donors (Lipinski definition) is 3. The van der Waals surface area contributed by atoms with E-state index in [4.69, 9.17) is 4.42 Å². The number of piperidine rings is 1. The molecule has 1 fully saturated rings. The molecule has 0 radical (unpaired) electrons. The smallest absolute Gasteiger partial charge is 0.319 e. The van der Waals surface area contributed by atoms with Gasteiger partial charge in [-0.3, -0.25) is 9.59 Å². The fourth-order valence-corrected chi connectivity index (χ4v) is 3.45. The molecule has 2 aromatic rings. The number of benzene rings is 1. The van der Waals surface area contributed by atoms with Gasteiger partial charge in [-0.25, -0.2) is 4.79 Å². The highest BCUT2D eigenvalue weighted by molar-refractivity contribution is 5.94. The van der Waals surface area contributed by atoms with Crippen LogP contribution in [0.4, 0.5) is 10.5 Å². The zero-order valence-corrected chi connectivity index (χ0v) is 17.3. The minimum atomic E-state index is -0.653. The Balaban J connectivity index is 1.49. The van der Waals surface area contributed by atoms with Crippen molar-refractivity contribution >= 4 is 23.5 Å². The van der Waals surface area contributed by atoms with Crippen LogP contribution in [0.3, 0.4) is 0 Å². The highest BCUT2D eigenvalue weighted by Gasteiger charge is 2.29. The van der Waals surface area contributed by atoms with E-state index >= 15 is 0 Å². The van der Waals surface area contributed by atoms with Gasteiger partial charge in [0, 0.05) is 24.8 Å². The number of likely N-dealkylation sites (tertiary alicyclic amines) is 1. The summed E-state index contributed by atoms with van der Waals surface area (Å²) in [6, 6.07) is 9.61. The summed E-state index contributed by atoms with van der Waals surface area (Å²) in [5, 5.41) is 8.52. The van der Waals surface area contributed by atoms with E-state index in [1.165, 1.54) is 12.5 Å². The van der Waals surface area contributed by atoms with Crippen LogP contribution in [0, 0.1) is 5.92 Å². The van der Waals surface area contributed by atoms with Crippen molar-refractivity contribution in [3.05, 3.63) is 54.5 Å². The van der Waals surface area contributed by atoms with Gasteiger partial charge >= 0.3 is 6.03 Å². The third-order valence-electron chi connectivity index (χ3n) is 5.16. The lowest BCUT2D eigenvalue weighted by Crippen LogP contribution is -2.55. The van der Waals surface area contributed by atoms with Gasteiger partial charge in [-0.05, 0) is 37.0 Å². The van der Waals surface area contributed by atoms with Crippen molar-refractivity contribution in [1.29, 1.82) is 0 Å². The first-order valence-corrected chi connectivity index (χ1v) is 10.2. The molecule has 8 nitrogen and oxygen atoms in total. The minimum Gasteiger partial charge on any atom is -0.472 e. The summed E-state index contributed by atoms with van der Waals surface area (Å²) in [5.74, 6) is -0.352. The van der Waals surface area contributed by atoms with Crippen molar-refractivity contribution in [1.82, 2.24) is 15.5 Å². The molecule has 8 heteroatoms. The number of nitrogens with zero attached hydrogens (tertiary/aromatic N) is 1. The molecule has 0 aliphatic carbocycles. The van der Waals surface area contributed by atoms with Crippen molar-refractivity contribution < 1.29 is 18.8 Å². The fourth-order valence-electron chi connectivity index (χ4n) is 3.45. The molecular weight excluding hydrogens is 384 g/mol. The van der Waals surface area contributed by atoms with Crippen LogP contribution >= 0.6 is 0 Å². The molecule has 1 aromatic carbocycles. The maximum Gasteiger partial charge on any atom is 0.319 e. The minimum absolute atomic E-state index is 0.0360. The fraction of sp³-hybridized carbons (Fsp3) is 0.409. The quantitative estimate of drug-likeness (QED) is 0.679. The van der Waals surface area contributed by atoms with E-state index < -0.39 is 12.1 Å². The summed E-state index contributed by atoms with van der Waals surface area (Å²) in [6.07, 6.45) is 4.25. The summed E-state index contributed by atoms with van der Waals surface area (Å²) in [4.78, 5) is 39.2. The molecule has 1 saturated heterocycles. The lowest BCUT2D eigenvalue weighted by atomic mass is 10.0. The topological polar surface area (TPSA) is 104 Å². The van der Waals surface area contributed by atoms with E-state index in [0.717, 1.165) is 0 Å². The first-order chi connectivity index (χ1) is 14.4. The van der Waals surface area contributed by atoms with Gasteiger partial charge in [0.05, 0.1) is 11.8 Å². The largest absolute Gasteiger partial charge is 0.472 e. The van der Waals surface area contributed by atoms with Crippen molar-refractivity contribution in [2.24, 2.45) is 5.92 Å². The van der Waals surface area contributed by atoms with E-state index in [1.807, 2.05) is 32.0 Å². The second-order valence-electron chi connectivity index (χ2n) is 7.77. The van der Waals surface area contributed by atoms with Gasteiger partial charge in [0.15, 0.2) is 0 Å². The highest BCUT2D eigenvalue weighted by atomic mass is 16.3. The third kappa shape index (κ3) is 5.62. The van der Waals surface area contributed by atoms with Gasteiger partial charge in [0.25, 0.3) is 5.91 Å². The standard InChI is InChI=1S/C22H28N4O4/c1-15(2)19(25-22(29)24-17-6-4-3-5-7-17)20(27)23-18-8-11-26(12-9-18)21(28)16-10-13-30-14-16/h3-7,10,13-15,18-19H,8-9,11-12H2,1-2H3,(H,23,27)(H2,24,25,29). The molecule has 4 amide bonds. The Morgan fingerprint density at radius 3 is 2.37 bits per heavy atom. The molecule has 2 heterocycles. The lowest BCUT2D eigenvalue weighted by Gasteiger charge is -2.33. The SMILES string of the molecule is CC(C)C(NC(=O)Nc1ccccc1)C(=O)NC1CCN(C(=O)c2ccoc2)CC1. The van der Waals surface area contributed by atoms with E-state index in [-0.39, 0.29) is 23.8 Å². The zero-order valence-electron chi connectivity index (χ0n) is 17.3. The predicted molar refractivity (Wildman–Crippen MR) is 113 cm³/mol. The molecule has 0 spiro atoms. The Bertz CT molecular complexity index is 843. The second-order valence-corrected chi connectivity index (χ2v) is 7.77. The second kappa shape index (κ2) is 9.96. The summed E-state index contributed by atoms with van der Waals surface area (Å²) >= 11 is 0. The number of para-hydroxylation sites is 1. The summed E-state index contributed by atoms with van der Waals surface area (Å²) in [5.41, 5.74) is 1.19. The van der Waals surface area contributed by atoms with E-state index in [0.29, 0.717) is 37.2 Å². The van der Waals surface area contributed by atoms with Crippen LogP contribution in [0.25, 0.3) is 0 Å². The number of carbonyl (C=O) groups is 3. The van der Waals surface area contributed by atoms with Crippen LogP contribution in [0.2, 0.25) is 0 Å². The van der Waals surface area contributed by atoms with Crippen LogP contribution in [0.15, 0.2) is 53.3 Å². The summed E-state index contributed by atoms with van der Waals surface area (Å²) in [7, 11) is 0. The molecule has 0 saturated carbocycles. The number of rotatable bonds is 6. The normalized spacial score (nSPS) is 15.5. The van der Waals surface area contributed by atoms with Gasteiger partial charge < -0.3 is 25.3 Å².